The summed E-state index contributed by atoms with van der Waals surface area (Å²) in [5.41, 5.74) is 2.67. The number of hydrogen-bond acceptors (Lipinski definition) is 7. The monoisotopic (exact) mass is 357 g/mol. The van der Waals surface area contributed by atoms with Crippen LogP contribution in [0.4, 0.5) is 0 Å². The van der Waals surface area contributed by atoms with Crippen LogP contribution in [0.15, 0.2) is 58.2 Å². The smallest absolute Gasteiger partial charge is 0.337 e. The van der Waals surface area contributed by atoms with E-state index in [0.29, 0.717) is 16.4 Å². The van der Waals surface area contributed by atoms with Gasteiger partial charge in [0.2, 0.25) is 0 Å². The van der Waals surface area contributed by atoms with Gasteiger partial charge in [0.15, 0.2) is 5.58 Å². The Morgan fingerprint density at radius 2 is 1.88 bits per heavy atom. The second-order valence-electron chi connectivity index (χ2n) is 5.09. The van der Waals surface area contributed by atoms with Gasteiger partial charge < -0.3 is 13.9 Å². The predicted molar refractivity (Wildman–Crippen MR) is 92.3 cm³/mol. The van der Waals surface area contributed by atoms with Crippen LogP contribution in [0.5, 0.6) is 0 Å². The third kappa shape index (κ3) is 4.39. The Hall–Kier alpha value is -2.80. The molecular formula is C18H15NO5S. The standard InChI is InChI=1S/C18H15NO5S/c1-22-17(21)13-8-6-12(7-9-13)10-23-16(20)11-25-18-19-14-4-2-3-5-15(14)24-18/h2-9H,10-11H2,1H3. The molecule has 3 rings (SSSR count). The van der Waals surface area contributed by atoms with E-state index in [-0.39, 0.29) is 18.3 Å². The van der Waals surface area contributed by atoms with E-state index in [1.54, 1.807) is 24.3 Å². The lowest BCUT2D eigenvalue weighted by Crippen LogP contribution is -2.07. The summed E-state index contributed by atoms with van der Waals surface area (Å²) in [6, 6.07) is 14.1. The van der Waals surface area contributed by atoms with Gasteiger partial charge >= 0.3 is 11.9 Å². The SMILES string of the molecule is COC(=O)c1ccc(COC(=O)CSc2nc3ccccc3o2)cc1. The highest BCUT2D eigenvalue weighted by molar-refractivity contribution is 7.99. The quantitative estimate of drug-likeness (QED) is 0.494. The van der Waals surface area contributed by atoms with Crippen LogP contribution in [0.1, 0.15) is 15.9 Å². The van der Waals surface area contributed by atoms with Gasteiger partial charge in [-0.2, -0.15) is 0 Å². The van der Waals surface area contributed by atoms with Gasteiger partial charge in [0.05, 0.1) is 12.7 Å². The van der Waals surface area contributed by atoms with E-state index in [4.69, 9.17) is 9.15 Å². The van der Waals surface area contributed by atoms with Gasteiger partial charge in [-0.25, -0.2) is 9.78 Å². The summed E-state index contributed by atoms with van der Waals surface area (Å²) in [5, 5.41) is 0.431. The number of nitrogens with zero attached hydrogens (tertiary/aromatic N) is 1. The third-order valence-corrected chi connectivity index (χ3v) is 4.16. The van der Waals surface area contributed by atoms with Crippen molar-refractivity contribution < 1.29 is 23.5 Å². The first-order chi connectivity index (χ1) is 12.2. The van der Waals surface area contributed by atoms with Gasteiger partial charge in [0.1, 0.15) is 17.9 Å². The molecule has 0 aliphatic rings. The van der Waals surface area contributed by atoms with E-state index in [0.717, 1.165) is 11.1 Å². The third-order valence-electron chi connectivity index (χ3n) is 3.36. The number of esters is 2. The number of carbonyl (C=O) groups is 2. The first-order valence-corrected chi connectivity index (χ1v) is 8.45. The lowest BCUT2D eigenvalue weighted by atomic mass is 10.1. The Kier molecular flexibility index (Phi) is 5.35. The number of thioether (sulfide) groups is 1. The Bertz CT molecular complexity index is 855. The predicted octanol–water partition coefficient (Wildman–Crippen LogP) is 3.45. The van der Waals surface area contributed by atoms with Gasteiger partial charge in [0, 0.05) is 0 Å². The van der Waals surface area contributed by atoms with Crippen molar-refractivity contribution in [2.45, 2.75) is 11.8 Å². The number of para-hydroxylation sites is 2. The minimum absolute atomic E-state index is 0.104. The molecule has 0 bridgehead atoms. The highest BCUT2D eigenvalue weighted by Crippen LogP contribution is 2.23. The topological polar surface area (TPSA) is 78.6 Å². The van der Waals surface area contributed by atoms with Crippen molar-refractivity contribution in [1.82, 2.24) is 4.98 Å². The molecule has 6 nitrogen and oxygen atoms in total. The van der Waals surface area contributed by atoms with Crippen LogP contribution < -0.4 is 0 Å². The van der Waals surface area contributed by atoms with Crippen LogP contribution in [0.3, 0.4) is 0 Å². The summed E-state index contributed by atoms with van der Waals surface area (Å²) in [5.74, 6) is -0.671. The minimum atomic E-state index is -0.404. The van der Waals surface area contributed by atoms with Crippen LogP contribution in [0.25, 0.3) is 11.1 Å². The number of rotatable bonds is 6. The minimum Gasteiger partial charge on any atom is -0.465 e. The Balaban J connectivity index is 1.48. The van der Waals surface area contributed by atoms with Crippen LogP contribution in [0.2, 0.25) is 0 Å². The molecule has 7 heteroatoms. The fourth-order valence-corrected chi connectivity index (χ4v) is 2.73. The second kappa shape index (κ2) is 7.85. The number of methoxy groups -OCH3 is 1. The lowest BCUT2D eigenvalue weighted by Gasteiger charge is -2.05. The maximum atomic E-state index is 11.8. The molecule has 1 heterocycles. The molecule has 1 aromatic heterocycles. The normalized spacial score (nSPS) is 10.6. The Morgan fingerprint density at radius 3 is 2.60 bits per heavy atom. The zero-order valence-electron chi connectivity index (χ0n) is 13.4. The fourth-order valence-electron chi connectivity index (χ4n) is 2.09. The van der Waals surface area contributed by atoms with Crippen LogP contribution in [0, 0.1) is 0 Å². The van der Waals surface area contributed by atoms with E-state index in [1.807, 2.05) is 24.3 Å². The summed E-state index contributed by atoms with van der Waals surface area (Å²) in [7, 11) is 1.33. The first-order valence-electron chi connectivity index (χ1n) is 7.47. The zero-order chi connectivity index (χ0) is 17.6. The molecular weight excluding hydrogens is 342 g/mol. The van der Waals surface area contributed by atoms with Crippen LogP contribution in [-0.2, 0) is 20.9 Å². The molecule has 128 valence electrons. The summed E-state index contributed by atoms with van der Waals surface area (Å²) >= 11 is 1.19. The summed E-state index contributed by atoms with van der Waals surface area (Å²) in [4.78, 5) is 27.5. The molecule has 0 saturated carbocycles. The van der Waals surface area contributed by atoms with E-state index in [2.05, 4.69) is 9.72 Å². The van der Waals surface area contributed by atoms with Gasteiger partial charge in [0.25, 0.3) is 5.22 Å². The van der Waals surface area contributed by atoms with Crippen molar-refractivity contribution in [2.75, 3.05) is 12.9 Å². The van der Waals surface area contributed by atoms with Crippen molar-refractivity contribution in [2.24, 2.45) is 0 Å². The molecule has 0 amide bonds. The molecule has 0 atom stereocenters. The van der Waals surface area contributed by atoms with Gasteiger partial charge in [-0.05, 0) is 29.8 Å². The van der Waals surface area contributed by atoms with E-state index < -0.39 is 5.97 Å². The molecule has 2 aromatic carbocycles. The number of hydrogen-bond donors (Lipinski definition) is 0. The average molecular weight is 357 g/mol. The number of oxazole rings is 1. The van der Waals surface area contributed by atoms with Crippen molar-refractivity contribution in [3.63, 3.8) is 0 Å². The van der Waals surface area contributed by atoms with Crippen LogP contribution >= 0.6 is 11.8 Å². The maximum Gasteiger partial charge on any atom is 0.337 e. The van der Waals surface area contributed by atoms with Crippen molar-refractivity contribution in [3.05, 3.63) is 59.7 Å². The number of fused-ring (bicyclic) bond motifs is 1. The molecule has 0 radical (unpaired) electrons. The Morgan fingerprint density at radius 1 is 1.12 bits per heavy atom. The van der Waals surface area contributed by atoms with Gasteiger partial charge in [-0.15, -0.1) is 0 Å². The number of carbonyl (C=O) groups excluding carboxylic acids is 2. The van der Waals surface area contributed by atoms with Crippen LogP contribution in [-0.4, -0.2) is 29.8 Å². The van der Waals surface area contributed by atoms with E-state index >= 15 is 0 Å². The highest BCUT2D eigenvalue weighted by Gasteiger charge is 2.10. The average Bonchev–Trinajstić information content (AvgIpc) is 3.07. The molecule has 25 heavy (non-hydrogen) atoms. The highest BCUT2D eigenvalue weighted by atomic mass is 32.2. The molecule has 0 spiro atoms. The lowest BCUT2D eigenvalue weighted by molar-refractivity contribution is -0.141. The zero-order valence-corrected chi connectivity index (χ0v) is 14.2. The fraction of sp³-hybridized carbons (Fsp3) is 0.167. The number of aromatic nitrogens is 1. The second-order valence-corrected chi connectivity index (χ2v) is 6.01. The van der Waals surface area contributed by atoms with Gasteiger partial charge in [-0.3, -0.25) is 4.79 Å². The first kappa shape index (κ1) is 17.0. The Labute approximate surface area is 148 Å². The maximum absolute atomic E-state index is 11.8. The largest absolute Gasteiger partial charge is 0.465 e. The number of benzene rings is 2. The molecule has 0 aliphatic heterocycles. The number of ether oxygens (including phenoxy) is 2. The van der Waals surface area contributed by atoms with E-state index in [9.17, 15) is 9.59 Å². The molecule has 3 aromatic rings. The molecule has 0 aliphatic carbocycles. The summed E-state index contributed by atoms with van der Waals surface area (Å²) < 4.78 is 15.4. The molecule has 0 fully saturated rings. The summed E-state index contributed by atoms with van der Waals surface area (Å²) in [6.45, 7) is 0.133. The van der Waals surface area contributed by atoms with E-state index in [1.165, 1.54) is 18.9 Å². The summed E-state index contributed by atoms with van der Waals surface area (Å²) in [6.07, 6.45) is 0. The van der Waals surface area contributed by atoms with Crippen molar-refractivity contribution >= 4 is 34.8 Å². The van der Waals surface area contributed by atoms with Gasteiger partial charge in [-0.1, -0.05) is 36.0 Å². The molecule has 0 saturated heterocycles. The molecule has 0 N–H and O–H groups in total. The van der Waals surface area contributed by atoms with Crippen molar-refractivity contribution in [3.8, 4) is 0 Å². The van der Waals surface area contributed by atoms with Crippen molar-refractivity contribution in [1.29, 1.82) is 0 Å². The molecule has 0 unspecified atom stereocenters.